The molecule has 0 bridgehead atoms. The van der Waals surface area contributed by atoms with Gasteiger partial charge >= 0.3 is 11.9 Å². The maximum Gasteiger partial charge on any atom is 0.311 e. The highest BCUT2D eigenvalue weighted by atomic mass is 16.7. The number of aliphatic hydroxyl groups is 4. The second kappa shape index (κ2) is 18.9. The number of rotatable bonds is 9. The van der Waals surface area contributed by atoms with Gasteiger partial charge in [0.2, 0.25) is 0 Å². The standard InChI is InChI=1S/C40H71NO14/c1-15-27-40(11,48)33(44)22(5)30(43)20(3)18-38(9,47)35(55-37-32(53-28(42)16-2)26(41(12)13)17-21(4)50-37)23(6)31(24(7)36(46)52-27)54-29-19-39(10,49-14)34(45)25(8)51-29/h20-27,29,31-35,37,44-45,47-48H,15-19H2,1-14H3/t20?,21?,22?,23?,24?,25?,26?,27?,29?,31?,32?,33?,34?,35?,37?,38-,39-,40-/m1/s1. The van der Waals surface area contributed by atoms with Gasteiger partial charge in [-0.1, -0.05) is 34.6 Å². The summed E-state index contributed by atoms with van der Waals surface area (Å²) in [5.41, 5.74) is -4.92. The van der Waals surface area contributed by atoms with Gasteiger partial charge in [-0.2, -0.15) is 0 Å². The Hall–Kier alpha value is -1.79. The van der Waals surface area contributed by atoms with Gasteiger partial charge in [-0.25, -0.2) is 0 Å². The molecule has 3 heterocycles. The number of cyclic esters (lactones) is 1. The maximum atomic E-state index is 14.2. The first kappa shape index (κ1) is 47.6. The summed E-state index contributed by atoms with van der Waals surface area (Å²) in [6.07, 6.45) is -9.68. The minimum atomic E-state index is -2.01. The third-order valence-corrected chi connectivity index (χ3v) is 12.4. The molecule has 3 fully saturated rings. The third-order valence-electron chi connectivity index (χ3n) is 12.4. The number of carbonyl (C=O) groups is 3. The van der Waals surface area contributed by atoms with E-state index in [9.17, 15) is 34.8 Å². The molecule has 3 aliphatic heterocycles. The summed E-state index contributed by atoms with van der Waals surface area (Å²) in [5, 5.41) is 46.6. The molecular weight excluding hydrogens is 718 g/mol. The highest BCUT2D eigenvalue weighted by Crippen LogP contribution is 2.41. The molecular formula is C40H71NO14. The van der Waals surface area contributed by atoms with Gasteiger partial charge in [-0.3, -0.25) is 14.4 Å². The van der Waals surface area contributed by atoms with Crippen LogP contribution < -0.4 is 0 Å². The fourth-order valence-corrected chi connectivity index (χ4v) is 8.76. The first-order valence-corrected chi connectivity index (χ1v) is 19.9. The van der Waals surface area contributed by atoms with Gasteiger partial charge < -0.3 is 58.5 Å². The fraction of sp³-hybridized carbons (Fsp3) is 0.925. The second-order valence-corrected chi connectivity index (χ2v) is 17.3. The summed E-state index contributed by atoms with van der Waals surface area (Å²) < 4.78 is 43.6. The van der Waals surface area contributed by atoms with Crippen LogP contribution in [0.4, 0.5) is 0 Å². The van der Waals surface area contributed by atoms with E-state index in [1.54, 1.807) is 48.5 Å². The van der Waals surface area contributed by atoms with Crippen molar-refractivity contribution in [3.8, 4) is 0 Å². The van der Waals surface area contributed by atoms with Gasteiger partial charge in [0.05, 0.1) is 53.7 Å². The smallest absolute Gasteiger partial charge is 0.311 e. The van der Waals surface area contributed by atoms with Crippen molar-refractivity contribution < 1.29 is 68.0 Å². The van der Waals surface area contributed by atoms with E-state index < -0.39 is 114 Å². The Morgan fingerprint density at radius 1 is 0.891 bits per heavy atom. The summed E-state index contributed by atoms with van der Waals surface area (Å²) >= 11 is 0. The van der Waals surface area contributed by atoms with Crippen LogP contribution >= 0.6 is 0 Å². The quantitative estimate of drug-likeness (QED) is 0.249. The largest absolute Gasteiger partial charge is 0.459 e. The van der Waals surface area contributed by atoms with E-state index in [0.29, 0.717) is 6.42 Å². The number of hydrogen-bond donors (Lipinski definition) is 4. The average Bonchev–Trinajstić information content (AvgIpc) is 3.11. The molecule has 320 valence electrons. The van der Waals surface area contributed by atoms with Gasteiger partial charge in [0.15, 0.2) is 18.7 Å². The molecule has 0 aromatic heterocycles. The van der Waals surface area contributed by atoms with E-state index >= 15 is 0 Å². The van der Waals surface area contributed by atoms with E-state index in [-0.39, 0.29) is 37.8 Å². The average molecular weight is 790 g/mol. The highest BCUT2D eigenvalue weighted by Gasteiger charge is 2.54. The summed E-state index contributed by atoms with van der Waals surface area (Å²) in [6, 6.07) is -0.319. The molecule has 3 saturated heterocycles. The number of aliphatic hydroxyl groups excluding tert-OH is 2. The predicted octanol–water partition coefficient (Wildman–Crippen LogP) is 2.75. The summed E-state index contributed by atoms with van der Waals surface area (Å²) in [7, 11) is 5.21. The number of carbonyl (C=O) groups excluding carboxylic acids is 3. The maximum absolute atomic E-state index is 14.2. The molecule has 15 nitrogen and oxygen atoms in total. The normalized spacial score (nSPS) is 46.9. The molecule has 0 amide bonds. The van der Waals surface area contributed by atoms with E-state index in [2.05, 4.69) is 0 Å². The number of hydrogen-bond acceptors (Lipinski definition) is 15. The molecule has 0 saturated carbocycles. The zero-order valence-electron chi connectivity index (χ0n) is 35.5. The number of esters is 2. The van der Waals surface area contributed by atoms with E-state index in [1.807, 2.05) is 25.9 Å². The van der Waals surface area contributed by atoms with Crippen LogP contribution in [-0.4, -0.2) is 149 Å². The number of likely N-dealkylation sites (N-methyl/N-ethyl adjacent to an activating group) is 1. The Kier molecular flexibility index (Phi) is 16.3. The molecule has 55 heavy (non-hydrogen) atoms. The lowest BCUT2D eigenvalue weighted by molar-refractivity contribution is -0.319. The van der Waals surface area contributed by atoms with Gasteiger partial charge in [0.25, 0.3) is 0 Å². The molecule has 3 rings (SSSR count). The molecule has 18 atom stereocenters. The molecule has 0 aromatic carbocycles. The van der Waals surface area contributed by atoms with Crippen LogP contribution in [0.25, 0.3) is 0 Å². The first-order valence-electron chi connectivity index (χ1n) is 19.9. The minimum Gasteiger partial charge on any atom is -0.459 e. The van der Waals surface area contributed by atoms with Gasteiger partial charge in [-0.05, 0) is 74.9 Å². The predicted molar refractivity (Wildman–Crippen MR) is 200 cm³/mol. The molecule has 15 heteroatoms. The number of nitrogens with zero attached hydrogens (tertiary/aromatic N) is 1. The van der Waals surface area contributed by atoms with Crippen molar-refractivity contribution in [1.29, 1.82) is 0 Å². The van der Waals surface area contributed by atoms with Crippen molar-refractivity contribution in [3.05, 3.63) is 0 Å². The lowest BCUT2D eigenvalue weighted by atomic mass is 9.74. The van der Waals surface area contributed by atoms with Crippen molar-refractivity contribution in [2.45, 2.75) is 193 Å². The topological polar surface area (TPSA) is 200 Å². The van der Waals surface area contributed by atoms with Crippen molar-refractivity contribution in [2.24, 2.45) is 23.7 Å². The lowest BCUT2D eigenvalue weighted by Gasteiger charge is -2.49. The number of Topliss-reactive ketones (excluding diaryl/α,β-unsaturated/α-hetero) is 1. The second-order valence-electron chi connectivity index (χ2n) is 17.3. The molecule has 4 N–H and O–H groups in total. The molecule has 0 aliphatic carbocycles. The minimum absolute atomic E-state index is 0.0760. The van der Waals surface area contributed by atoms with Crippen LogP contribution in [0, 0.1) is 23.7 Å². The van der Waals surface area contributed by atoms with Crippen LogP contribution in [0.2, 0.25) is 0 Å². The fourth-order valence-electron chi connectivity index (χ4n) is 8.76. The van der Waals surface area contributed by atoms with Gasteiger partial charge in [-0.15, -0.1) is 0 Å². The molecule has 0 radical (unpaired) electrons. The van der Waals surface area contributed by atoms with Gasteiger partial charge in [0.1, 0.15) is 23.6 Å². The number of methoxy groups -OCH3 is 1. The Morgan fingerprint density at radius 3 is 2.05 bits per heavy atom. The van der Waals surface area contributed by atoms with Crippen molar-refractivity contribution in [1.82, 2.24) is 4.90 Å². The Balaban J connectivity index is 2.24. The number of ketones is 1. The van der Waals surface area contributed by atoms with Crippen molar-refractivity contribution in [3.63, 3.8) is 0 Å². The van der Waals surface area contributed by atoms with Crippen LogP contribution in [-0.2, 0) is 47.5 Å². The summed E-state index contributed by atoms with van der Waals surface area (Å²) in [5.74, 6) is -5.59. The summed E-state index contributed by atoms with van der Waals surface area (Å²) in [6.45, 7) is 18.0. The first-order chi connectivity index (χ1) is 25.4. The Bertz CT molecular complexity index is 1290. The molecule has 3 aliphatic rings. The molecule has 15 unspecified atom stereocenters. The zero-order chi connectivity index (χ0) is 42.0. The van der Waals surface area contributed by atoms with Crippen LogP contribution in [0.5, 0.6) is 0 Å². The van der Waals surface area contributed by atoms with Crippen LogP contribution in [0.3, 0.4) is 0 Å². The number of ether oxygens (including phenoxy) is 7. The monoisotopic (exact) mass is 789 g/mol. The zero-order valence-corrected chi connectivity index (χ0v) is 35.5. The van der Waals surface area contributed by atoms with Crippen LogP contribution in [0.1, 0.15) is 108 Å². The molecule has 0 spiro atoms. The van der Waals surface area contributed by atoms with E-state index in [4.69, 9.17) is 33.2 Å². The van der Waals surface area contributed by atoms with E-state index in [0.717, 1.165) is 0 Å². The van der Waals surface area contributed by atoms with E-state index in [1.165, 1.54) is 27.9 Å². The lowest BCUT2D eigenvalue weighted by Crippen LogP contribution is -2.61. The Morgan fingerprint density at radius 2 is 1.51 bits per heavy atom. The Labute approximate surface area is 327 Å². The highest BCUT2D eigenvalue weighted by molar-refractivity contribution is 5.83. The third kappa shape index (κ3) is 10.6. The SMILES string of the molecule is CCC(=O)OC1C(OC2C(C)C(OC3C[C@@](C)(OC)C(O)C(C)O3)C(C)C(=O)OC(CC)[C@@](C)(O)C(O)C(C)C(=O)C(C)C[C@@]2(C)O)OC(C)CC1N(C)C. The van der Waals surface area contributed by atoms with Gasteiger partial charge in [0, 0.05) is 37.7 Å². The summed E-state index contributed by atoms with van der Waals surface area (Å²) in [4.78, 5) is 42.9. The van der Waals surface area contributed by atoms with Crippen LogP contribution in [0.15, 0.2) is 0 Å². The van der Waals surface area contributed by atoms with Crippen molar-refractivity contribution in [2.75, 3.05) is 21.2 Å². The molecule has 0 aromatic rings. The van der Waals surface area contributed by atoms with Crippen molar-refractivity contribution >= 4 is 17.7 Å².